The Morgan fingerprint density at radius 2 is 1.88 bits per heavy atom. The summed E-state index contributed by atoms with van der Waals surface area (Å²) < 4.78 is 13.1. The second kappa shape index (κ2) is 9.20. The van der Waals surface area contributed by atoms with Crippen LogP contribution in [0.2, 0.25) is 0 Å². The van der Waals surface area contributed by atoms with Crippen molar-refractivity contribution in [1.29, 1.82) is 0 Å². The molecule has 3 aromatic rings. The molecule has 3 heterocycles. The lowest BCUT2D eigenvalue weighted by molar-refractivity contribution is -0.134. The maximum Gasteiger partial charge on any atom is 0.271 e. The zero-order valence-electron chi connectivity index (χ0n) is 20.0. The number of nitrogens with one attached hydrogen (secondary N) is 1. The van der Waals surface area contributed by atoms with Crippen molar-refractivity contribution in [3.8, 4) is 5.75 Å². The van der Waals surface area contributed by atoms with Crippen LogP contribution < -0.4 is 10.1 Å². The summed E-state index contributed by atoms with van der Waals surface area (Å²) in [6.07, 6.45) is 8.32. The molecule has 1 atom stereocenters. The molecule has 2 aliphatic rings. The van der Waals surface area contributed by atoms with Gasteiger partial charge in [0.25, 0.3) is 5.91 Å². The maximum absolute atomic E-state index is 13.8. The van der Waals surface area contributed by atoms with Crippen LogP contribution in [0.3, 0.4) is 0 Å². The number of aromatic nitrogens is 1. The summed E-state index contributed by atoms with van der Waals surface area (Å²) in [6.45, 7) is 5.16. The number of fused-ring (bicyclic) bond motifs is 3. The van der Waals surface area contributed by atoms with Crippen molar-refractivity contribution in [3.05, 3.63) is 53.9 Å². The Labute approximate surface area is 200 Å². The molecule has 1 fully saturated rings. The fraction of sp³-hybridized carbons (Fsp3) is 0.481. The van der Waals surface area contributed by atoms with Gasteiger partial charge in [0, 0.05) is 24.7 Å². The van der Waals surface area contributed by atoms with Crippen LogP contribution in [0.1, 0.15) is 68.4 Å². The molecule has 1 aromatic carbocycles. The molecule has 34 heavy (non-hydrogen) atoms. The van der Waals surface area contributed by atoms with Gasteiger partial charge in [0.2, 0.25) is 5.91 Å². The van der Waals surface area contributed by atoms with Crippen LogP contribution >= 0.6 is 0 Å². The van der Waals surface area contributed by atoms with E-state index in [9.17, 15) is 9.59 Å². The first kappa shape index (κ1) is 22.6. The van der Waals surface area contributed by atoms with Crippen LogP contribution in [-0.2, 0) is 17.9 Å². The van der Waals surface area contributed by atoms with Crippen molar-refractivity contribution < 1.29 is 18.7 Å². The first-order valence-electron chi connectivity index (χ1n) is 12.4. The van der Waals surface area contributed by atoms with Crippen LogP contribution in [0.15, 0.2) is 47.1 Å². The second-order valence-electron chi connectivity index (χ2n) is 9.69. The van der Waals surface area contributed by atoms with Gasteiger partial charge in [-0.3, -0.25) is 9.59 Å². The smallest absolute Gasteiger partial charge is 0.271 e. The third-order valence-electron chi connectivity index (χ3n) is 7.30. The topological polar surface area (TPSA) is 76.7 Å². The molecule has 0 spiro atoms. The lowest BCUT2D eigenvalue weighted by Gasteiger charge is -2.44. The number of hydrogen-bond acceptors (Lipinski definition) is 4. The van der Waals surface area contributed by atoms with Gasteiger partial charge in [0.1, 0.15) is 17.0 Å². The number of ether oxygens (including phenoxy) is 1. The maximum atomic E-state index is 13.8. The first-order valence-corrected chi connectivity index (χ1v) is 12.4. The highest BCUT2D eigenvalue weighted by Crippen LogP contribution is 2.34. The van der Waals surface area contributed by atoms with Crippen LogP contribution in [0.4, 0.5) is 0 Å². The molecule has 1 saturated carbocycles. The number of benzene rings is 1. The minimum absolute atomic E-state index is 0.0883. The van der Waals surface area contributed by atoms with Crippen LogP contribution in [0.25, 0.3) is 11.1 Å². The Bertz CT molecular complexity index is 1170. The summed E-state index contributed by atoms with van der Waals surface area (Å²) in [5, 5.41) is 3.31. The SMILES string of the molecule is CCOc1ccc(CN2C(=O)c3cc4occc4n3C[C@@]2(C)C(=O)NC2CCCCCC2)cc1. The molecule has 0 unspecified atom stereocenters. The third-order valence-corrected chi connectivity index (χ3v) is 7.30. The van der Waals surface area contributed by atoms with Crippen molar-refractivity contribution in [1.82, 2.24) is 14.8 Å². The standard InChI is InChI=1S/C27H33N3O4/c1-3-33-21-12-10-19(11-13-21)17-30-25(31)23-16-24-22(14-15-34-24)29(23)18-27(30,2)26(32)28-20-8-6-4-5-7-9-20/h10-16,20H,3-9,17-18H2,1-2H3,(H,28,32)/t27-/m0/s1. The van der Waals surface area contributed by atoms with E-state index in [0.29, 0.717) is 31.0 Å². The van der Waals surface area contributed by atoms with Crippen LogP contribution in [0, 0.1) is 0 Å². The Kier molecular flexibility index (Phi) is 6.11. The fourth-order valence-corrected chi connectivity index (χ4v) is 5.33. The van der Waals surface area contributed by atoms with Crippen molar-refractivity contribution in [2.45, 2.75) is 77.0 Å². The van der Waals surface area contributed by atoms with Crippen molar-refractivity contribution in [3.63, 3.8) is 0 Å². The lowest BCUT2D eigenvalue weighted by Crippen LogP contribution is -2.64. The summed E-state index contributed by atoms with van der Waals surface area (Å²) in [5.41, 5.74) is 1.99. The Morgan fingerprint density at radius 1 is 1.15 bits per heavy atom. The van der Waals surface area contributed by atoms with E-state index in [-0.39, 0.29) is 17.9 Å². The average Bonchev–Trinajstić information content (AvgIpc) is 3.32. The normalized spacial score (nSPS) is 21.4. The number of carbonyl (C=O) groups excluding carboxylic acids is 2. The van der Waals surface area contributed by atoms with E-state index >= 15 is 0 Å². The molecule has 1 aliphatic heterocycles. The Balaban J connectivity index is 1.48. The number of furan rings is 1. The van der Waals surface area contributed by atoms with Crippen LogP contribution in [-0.4, -0.2) is 39.5 Å². The number of hydrogen-bond donors (Lipinski definition) is 1. The van der Waals surface area contributed by atoms with E-state index in [1.807, 2.05) is 48.7 Å². The fourth-order valence-electron chi connectivity index (χ4n) is 5.33. The van der Waals surface area contributed by atoms with Gasteiger partial charge in [0.05, 0.1) is 24.9 Å². The number of rotatable bonds is 6. The largest absolute Gasteiger partial charge is 0.494 e. The zero-order chi connectivity index (χ0) is 23.7. The zero-order valence-corrected chi connectivity index (χ0v) is 20.0. The highest BCUT2D eigenvalue weighted by Gasteiger charge is 2.48. The molecule has 5 rings (SSSR count). The van der Waals surface area contributed by atoms with Gasteiger partial charge in [-0.25, -0.2) is 0 Å². The minimum Gasteiger partial charge on any atom is -0.494 e. The molecule has 180 valence electrons. The van der Waals surface area contributed by atoms with E-state index in [4.69, 9.17) is 9.15 Å². The van der Waals surface area contributed by atoms with Gasteiger partial charge >= 0.3 is 0 Å². The van der Waals surface area contributed by atoms with Gasteiger partial charge in [-0.2, -0.15) is 0 Å². The number of nitrogens with zero attached hydrogens (tertiary/aromatic N) is 2. The summed E-state index contributed by atoms with van der Waals surface area (Å²) >= 11 is 0. The highest BCUT2D eigenvalue weighted by molar-refractivity contribution is 6.02. The van der Waals surface area contributed by atoms with E-state index < -0.39 is 5.54 Å². The average molecular weight is 464 g/mol. The van der Waals surface area contributed by atoms with E-state index in [1.165, 1.54) is 12.8 Å². The number of amides is 2. The molecule has 0 bridgehead atoms. The highest BCUT2D eigenvalue weighted by atomic mass is 16.5. The van der Waals surface area contributed by atoms with Crippen molar-refractivity contribution in [2.75, 3.05) is 6.61 Å². The minimum atomic E-state index is -1.03. The molecule has 2 amide bonds. The van der Waals surface area contributed by atoms with E-state index in [1.54, 1.807) is 17.2 Å². The molecule has 7 heteroatoms. The Hall–Kier alpha value is -3.22. The Morgan fingerprint density at radius 3 is 2.59 bits per heavy atom. The molecule has 0 radical (unpaired) electrons. The van der Waals surface area contributed by atoms with Gasteiger partial charge < -0.3 is 23.9 Å². The third kappa shape index (κ3) is 4.08. The molecular weight excluding hydrogens is 430 g/mol. The van der Waals surface area contributed by atoms with E-state index in [2.05, 4.69) is 5.32 Å². The van der Waals surface area contributed by atoms with Gasteiger partial charge in [-0.15, -0.1) is 0 Å². The molecule has 2 aromatic heterocycles. The summed E-state index contributed by atoms with van der Waals surface area (Å²) in [4.78, 5) is 29.3. The second-order valence-corrected chi connectivity index (χ2v) is 9.69. The summed E-state index contributed by atoms with van der Waals surface area (Å²) in [7, 11) is 0. The van der Waals surface area contributed by atoms with Gasteiger partial charge in [-0.1, -0.05) is 37.8 Å². The van der Waals surface area contributed by atoms with Crippen molar-refractivity contribution in [2.24, 2.45) is 0 Å². The predicted molar refractivity (Wildman–Crippen MR) is 130 cm³/mol. The lowest BCUT2D eigenvalue weighted by atomic mass is 9.93. The molecule has 1 aliphatic carbocycles. The molecule has 0 saturated heterocycles. The van der Waals surface area contributed by atoms with Crippen molar-refractivity contribution >= 4 is 22.9 Å². The van der Waals surface area contributed by atoms with Crippen LogP contribution in [0.5, 0.6) is 5.75 Å². The molecular formula is C27H33N3O4. The number of carbonyl (C=O) groups is 2. The summed E-state index contributed by atoms with van der Waals surface area (Å²) in [5.74, 6) is 0.541. The summed E-state index contributed by atoms with van der Waals surface area (Å²) in [6, 6.07) is 11.5. The van der Waals surface area contributed by atoms with Gasteiger partial charge in [-0.05, 0) is 44.4 Å². The quantitative estimate of drug-likeness (QED) is 0.528. The first-order chi connectivity index (χ1) is 16.5. The predicted octanol–water partition coefficient (Wildman–Crippen LogP) is 4.89. The molecule has 7 nitrogen and oxygen atoms in total. The monoisotopic (exact) mass is 463 g/mol. The van der Waals surface area contributed by atoms with Gasteiger partial charge in [0.15, 0.2) is 5.58 Å². The van der Waals surface area contributed by atoms with E-state index in [0.717, 1.165) is 42.5 Å². The molecule has 1 N–H and O–H groups in total.